The fourth-order valence-electron chi connectivity index (χ4n) is 2.37. The van der Waals surface area contributed by atoms with Gasteiger partial charge in [0.1, 0.15) is 11.6 Å². The van der Waals surface area contributed by atoms with E-state index in [1.165, 1.54) is 6.07 Å². The molecular formula is C17H13F4N3. The van der Waals surface area contributed by atoms with Gasteiger partial charge in [0, 0.05) is 12.1 Å². The number of benzene rings is 1. The molecule has 2 heterocycles. The molecule has 3 nitrogen and oxygen atoms in total. The Hall–Kier alpha value is -2.70. The molecule has 0 bridgehead atoms. The van der Waals surface area contributed by atoms with Crippen molar-refractivity contribution in [2.24, 2.45) is 0 Å². The molecule has 2 aromatic heterocycles. The summed E-state index contributed by atoms with van der Waals surface area (Å²) in [5.41, 5.74) is 1.27. The highest BCUT2D eigenvalue weighted by Gasteiger charge is 2.34. The molecule has 3 aromatic rings. The number of nitrogens with one attached hydrogen (secondary N) is 1. The minimum absolute atomic E-state index is 0.134. The Morgan fingerprint density at radius 1 is 1.12 bits per heavy atom. The first-order chi connectivity index (χ1) is 11.3. The minimum Gasteiger partial charge on any atom is -0.340 e. The zero-order chi connectivity index (χ0) is 17.3. The molecule has 24 heavy (non-hydrogen) atoms. The van der Waals surface area contributed by atoms with E-state index in [0.717, 1.165) is 17.8 Å². The number of imidazole rings is 1. The average molecular weight is 335 g/mol. The number of halogens is 4. The van der Waals surface area contributed by atoms with Gasteiger partial charge in [-0.2, -0.15) is 13.2 Å². The Labute approximate surface area is 135 Å². The number of hydrogen-bond acceptors (Lipinski definition) is 2. The van der Waals surface area contributed by atoms with Crippen LogP contribution in [0.2, 0.25) is 0 Å². The maximum atomic E-state index is 13.3. The zero-order valence-electron chi connectivity index (χ0n) is 12.7. The standard InChI is InChI=1S/C17H13F4N3/c1-10-3-2-4-14(23-10)15-9-22-16(24-15)8-11-5-6-13(18)12(7-11)17(19,20)21/h2-7,9H,8H2,1H3,(H,22,24). The van der Waals surface area contributed by atoms with Crippen LogP contribution in [0.15, 0.2) is 42.6 Å². The van der Waals surface area contributed by atoms with Crippen LogP contribution < -0.4 is 0 Å². The molecule has 3 rings (SSSR count). The van der Waals surface area contributed by atoms with E-state index in [9.17, 15) is 17.6 Å². The Morgan fingerprint density at radius 2 is 1.92 bits per heavy atom. The van der Waals surface area contributed by atoms with Crippen LogP contribution in [0.4, 0.5) is 17.6 Å². The van der Waals surface area contributed by atoms with E-state index in [0.29, 0.717) is 22.8 Å². The van der Waals surface area contributed by atoms with Crippen molar-refractivity contribution < 1.29 is 17.6 Å². The van der Waals surface area contributed by atoms with E-state index in [2.05, 4.69) is 15.0 Å². The molecule has 0 unspecified atom stereocenters. The van der Waals surface area contributed by atoms with E-state index in [1.807, 2.05) is 25.1 Å². The average Bonchev–Trinajstić information content (AvgIpc) is 2.97. The summed E-state index contributed by atoms with van der Waals surface area (Å²) in [5.74, 6) is -0.802. The number of aryl methyl sites for hydroxylation is 1. The van der Waals surface area contributed by atoms with Crippen LogP contribution in [0.3, 0.4) is 0 Å². The number of aromatic amines is 1. The third kappa shape index (κ3) is 3.45. The molecule has 0 amide bonds. The summed E-state index contributed by atoms with van der Waals surface area (Å²) in [6, 6.07) is 8.47. The molecule has 0 saturated heterocycles. The molecule has 7 heteroatoms. The van der Waals surface area contributed by atoms with Gasteiger partial charge in [-0.3, -0.25) is 4.98 Å². The molecule has 124 valence electrons. The van der Waals surface area contributed by atoms with Crippen molar-refractivity contribution in [3.05, 3.63) is 71.1 Å². The summed E-state index contributed by atoms with van der Waals surface area (Å²) < 4.78 is 51.6. The number of alkyl halides is 3. The van der Waals surface area contributed by atoms with Crippen LogP contribution in [0.5, 0.6) is 0 Å². The number of nitrogens with zero attached hydrogens (tertiary/aromatic N) is 2. The van der Waals surface area contributed by atoms with Gasteiger partial charge in [-0.1, -0.05) is 12.1 Å². The number of H-pyrrole nitrogens is 1. The van der Waals surface area contributed by atoms with Crippen LogP contribution in [0.25, 0.3) is 11.4 Å². The molecule has 1 N–H and O–H groups in total. The highest BCUT2D eigenvalue weighted by atomic mass is 19.4. The molecule has 0 radical (unpaired) electrons. The van der Waals surface area contributed by atoms with E-state index >= 15 is 0 Å². The topological polar surface area (TPSA) is 41.6 Å². The van der Waals surface area contributed by atoms with Crippen molar-refractivity contribution in [3.63, 3.8) is 0 Å². The number of aromatic nitrogens is 3. The minimum atomic E-state index is -4.72. The quantitative estimate of drug-likeness (QED) is 0.715. The fraction of sp³-hybridized carbons (Fsp3) is 0.176. The molecule has 1 aromatic carbocycles. The first kappa shape index (κ1) is 16.2. The van der Waals surface area contributed by atoms with E-state index in [4.69, 9.17) is 0 Å². The second kappa shape index (κ2) is 6.07. The fourth-order valence-corrected chi connectivity index (χ4v) is 2.37. The molecule has 0 fully saturated rings. The molecule has 0 saturated carbocycles. The van der Waals surface area contributed by atoms with Gasteiger partial charge in [0.2, 0.25) is 0 Å². The SMILES string of the molecule is Cc1cccc(-c2cnc(Cc3ccc(F)c(C(F)(F)F)c3)[nH]2)n1. The molecule has 0 aliphatic rings. The number of hydrogen-bond donors (Lipinski definition) is 1. The smallest absolute Gasteiger partial charge is 0.340 e. The third-order valence-electron chi connectivity index (χ3n) is 3.50. The summed E-state index contributed by atoms with van der Waals surface area (Å²) in [5, 5.41) is 0. The van der Waals surface area contributed by atoms with Crippen molar-refractivity contribution in [1.82, 2.24) is 15.0 Å². The lowest BCUT2D eigenvalue weighted by Gasteiger charge is -2.09. The van der Waals surface area contributed by atoms with Crippen molar-refractivity contribution >= 4 is 0 Å². The van der Waals surface area contributed by atoms with Gasteiger partial charge in [-0.25, -0.2) is 9.37 Å². The van der Waals surface area contributed by atoms with Crippen LogP contribution in [-0.2, 0) is 12.6 Å². The molecular weight excluding hydrogens is 322 g/mol. The zero-order valence-corrected chi connectivity index (χ0v) is 12.7. The van der Waals surface area contributed by atoms with Gasteiger partial charge >= 0.3 is 6.18 Å². The maximum absolute atomic E-state index is 13.3. The first-order valence-corrected chi connectivity index (χ1v) is 7.16. The highest BCUT2D eigenvalue weighted by Crippen LogP contribution is 2.32. The number of pyridine rings is 1. The Morgan fingerprint density at radius 3 is 2.62 bits per heavy atom. The van der Waals surface area contributed by atoms with Crippen LogP contribution >= 0.6 is 0 Å². The second-order valence-corrected chi connectivity index (χ2v) is 5.40. The lowest BCUT2D eigenvalue weighted by atomic mass is 10.1. The van der Waals surface area contributed by atoms with Crippen LogP contribution in [0.1, 0.15) is 22.6 Å². The summed E-state index contributed by atoms with van der Waals surface area (Å²) >= 11 is 0. The number of rotatable bonds is 3. The van der Waals surface area contributed by atoms with E-state index < -0.39 is 17.6 Å². The van der Waals surface area contributed by atoms with Crippen molar-refractivity contribution in [2.75, 3.05) is 0 Å². The second-order valence-electron chi connectivity index (χ2n) is 5.40. The predicted octanol–water partition coefficient (Wildman–Crippen LogP) is 4.53. The van der Waals surface area contributed by atoms with Gasteiger partial charge < -0.3 is 4.98 Å². The van der Waals surface area contributed by atoms with E-state index in [1.54, 1.807) is 6.20 Å². The summed E-state index contributed by atoms with van der Waals surface area (Å²) in [7, 11) is 0. The molecule has 0 aliphatic carbocycles. The van der Waals surface area contributed by atoms with Crippen LogP contribution in [0, 0.1) is 12.7 Å². The summed E-state index contributed by atoms with van der Waals surface area (Å²) in [6.45, 7) is 1.86. The summed E-state index contributed by atoms with van der Waals surface area (Å²) in [4.78, 5) is 11.5. The lowest BCUT2D eigenvalue weighted by Crippen LogP contribution is -2.09. The predicted molar refractivity (Wildman–Crippen MR) is 80.8 cm³/mol. The normalized spacial score (nSPS) is 11.7. The summed E-state index contributed by atoms with van der Waals surface area (Å²) in [6.07, 6.45) is -3.01. The van der Waals surface area contributed by atoms with Crippen molar-refractivity contribution in [1.29, 1.82) is 0 Å². The van der Waals surface area contributed by atoms with E-state index in [-0.39, 0.29) is 6.42 Å². The van der Waals surface area contributed by atoms with Gasteiger partial charge in [-0.15, -0.1) is 0 Å². The highest BCUT2D eigenvalue weighted by molar-refractivity contribution is 5.53. The Bertz CT molecular complexity index is 868. The van der Waals surface area contributed by atoms with Crippen LogP contribution in [-0.4, -0.2) is 15.0 Å². The maximum Gasteiger partial charge on any atom is 0.419 e. The van der Waals surface area contributed by atoms with Gasteiger partial charge in [0.25, 0.3) is 0 Å². The van der Waals surface area contributed by atoms with Gasteiger partial charge in [0.15, 0.2) is 0 Å². The molecule has 0 spiro atoms. The monoisotopic (exact) mass is 335 g/mol. The Kier molecular flexibility index (Phi) is 4.09. The third-order valence-corrected chi connectivity index (χ3v) is 3.50. The first-order valence-electron chi connectivity index (χ1n) is 7.16. The van der Waals surface area contributed by atoms with Crippen molar-refractivity contribution in [2.45, 2.75) is 19.5 Å². The largest absolute Gasteiger partial charge is 0.419 e. The van der Waals surface area contributed by atoms with Gasteiger partial charge in [-0.05, 0) is 36.8 Å². The lowest BCUT2D eigenvalue weighted by molar-refractivity contribution is -0.140. The Balaban J connectivity index is 1.85. The van der Waals surface area contributed by atoms with Gasteiger partial charge in [0.05, 0.1) is 23.1 Å². The molecule has 0 aliphatic heterocycles. The van der Waals surface area contributed by atoms with Crippen molar-refractivity contribution in [3.8, 4) is 11.4 Å². The molecule has 0 atom stereocenters.